The molecule has 0 rings (SSSR count). The van der Waals surface area contributed by atoms with Crippen molar-refractivity contribution < 1.29 is 14.6 Å². The number of aliphatic hydroxyl groups is 1. The second-order valence-electron chi connectivity index (χ2n) is 3.09. The van der Waals surface area contributed by atoms with E-state index in [1.807, 2.05) is 6.92 Å². The molecule has 0 aromatic heterocycles. The first-order valence-corrected chi connectivity index (χ1v) is 4.85. The third-order valence-electron chi connectivity index (χ3n) is 1.60. The first-order valence-electron chi connectivity index (χ1n) is 4.85. The molecule has 0 spiro atoms. The minimum Gasteiger partial charge on any atom is -0.389 e. The van der Waals surface area contributed by atoms with Crippen molar-refractivity contribution in [2.45, 2.75) is 19.4 Å². The van der Waals surface area contributed by atoms with Crippen molar-refractivity contribution in [3.05, 3.63) is 0 Å². The van der Waals surface area contributed by atoms with Gasteiger partial charge in [0.25, 0.3) is 0 Å². The predicted octanol–water partition coefficient (Wildman–Crippen LogP) is -0.890. The normalized spacial score (nSPS) is 12.5. The van der Waals surface area contributed by atoms with Gasteiger partial charge in [-0.05, 0) is 6.42 Å². The summed E-state index contributed by atoms with van der Waals surface area (Å²) in [5.41, 5.74) is 0. The van der Waals surface area contributed by atoms with Crippen molar-refractivity contribution in [1.82, 2.24) is 10.6 Å². The van der Waals surface area contributed by atoms with Gasteiger partial charge in [-0.3, -0.25) is 4.79 Å². The Kier molecular flexibility index (Phi) is 8.51. The highest BCUT2D eigenvalue weighted by atomic mass is 16.5. The molecule has 5 heteroatoms. The molecule has 0 aliphatic carbocycles. The zero-order valence-electron chi connectivity index (χ0n) is 8.88. The molecular formula is C9H20N2O3. The van der Waals surface area contributed by atoms with Crippen molar-refractivity contribution in [1.29, 1.82) is 0 Å². The summed E-state index contributed by atoms with van der Waals surface area (Å²) in [6.45, 7) is 3.58. The van der Waals surface area contributed by atoms with Crippen LogP contribution in [0.4, 0.5) is 0 Å². The van der Waals surface area contributed by atoms with Gasteiger partial charge in [0.05, 0.1) is 19.3 Å². The van der Waals surface area contributed by atoms with Crippen molar-refractivity contribution in [3.63, 3.8) is 0 Å². The first kappa shape index (κ1) is 13.4. The number of rotatable bonds is 8. The van der Waals surface area contributed by atoms with E-state index in [1.54, 1.807) is 0 Å². The average molecular weight is 204 g/mol. The van der Waals surface area contributed by atoms with Gasteiger partial charge in [0.1, 0.15) is 0 Å². The van der Waals surface area contributed by atoms with E-state index in [9.17, 15) is 9.90 Å². The van der Waals surface area contributed by atoms with E-state index in [0.717, 1.165) is 6.42 Å². The summed E-state index contributed by atoms with van der Waals surface area (Å²) in [6.07, 6.45) is 0.372. The number of ether oxygens (including phenoxy) is 1. The number of carbonyl (C=O) groups is 1. The Morgan fingerprint density at radius 1 is 1.57 bits per heavy atom. The largest absolute Gasteiger partial charge is 0.389 e. The Morgan fingerprint density at radius 3 is 2.86 bits per heavy atom. The monoisotopic (exact) mass is 204 g/mol. The van der Waals surface area contributed by atoms with Gasteiger partial charge in [-0.15, -0.1) is 0 Å². The van der Waals surface area contributed by atoms with Crippen LogP contribution in [0.25, 0.3) is 0 Å². The van der Waals surface area contributed by atoms with Crippen LogP contribution in [0, 0.1) is 0 Å². The number of hydrogen-bond donors (Lipinski definition) is 3. The molecule has 0 fully saturated rings. The number of hydrogen-bond acceptors (Lipinski definition) is 4. The lowest BCUT2D eigenvalue weighted by atomic mass is 10.3. The number of aliphatic hydroxyl groups excluding tert-OH is 1. The Hall–Kier alpha value is -0.650. The molecule has 1 unspecified atom stereocenters. The van der Waals surface area contributed by atoms with Gasteiger partial charge in [0.15, 0.2) is 0 Å². The maximum absolute atomic E-state index is 11.1. The fourth-order valence-corrected chi connectivity index (χ4v) is 0.931. The maximum Gasteiger partial charge on any atom is 0.233 e. The van der Waals surface area contributed by atoms with E-state index >= 15 is 0 Å². The third-order valence-corrected chi connectivity index (χ3v) is 1.60. The molecule has 0 saturated carbocycles. The average Bonchev–Trinajstić information content (AvgIpc) is 2.15. The standard InChI is InChI=1S/C9H20N2O3/c1-3-4-11-9(13)6-10-5-8(12)7-14-2/h8,10,12H,3-7H2,1-2H3,(H,11,13). The van der Waals surface area contributed by atoms with Gasteiger partial charge in [0.2, 0.25) is 5.91 Å². The molecule has 0 aromatic rings. The molecular weight excluding hydrogens is 184 g/mol. The summed E-state index contributed by atoms with van der Waals surface area (Å²) in [5.74, 6) is -0.0449. The van der Waals surface area contributed by atoms with Crippen LogP contribution < -0.4 is 10.6 Å². The lowest BCUT2D eigenvalue weighted by Crippen LogP contribution is -2.38. The number of carbonyl (C=O) groups excluding carboxylic acids is 1. The third kappa shape index (κ3) is 7.97. The number of amides is 1. The second kappa shape index (κ2) is 8.93. The molecule has 0 aliphatic rings. The molecule has 0 bridgehead atoms. The highest BCUT2D eigenvalue weighted by molar-refractivity contribution is 5.77. The minimum atomic E-state index is -0.557. The fraction of sp³-hybridized carbons (Fsp3) is 0.889. The molecule has 0 aromatic carbocycles. The smallest absolute Gasteiger partial charge is 0.233 e. The Labute approximate surface area is 84.8 Å². The van der Waals surface area contributed by atoms with E-state index in [-0.39, 0.29) is 19.1 Å². The van der Waals surface area contributed by atoms with E-state index < -0.39 is 6.10 Å². The van der Waals surface area contributed by atoms with Crippen LogP contribution in [0.2, 0.25) is 0 Å². The topological polar surface area (TPSA) is 70.6 Å². The van der Waals surface area contributed by atoms with Gasteiger partial charge in [-0.2, -0.15) is 0 Å². The molecule has 1 atom stereocenters. The number of nitrogens with one attached hydrogen (secondary N) is 2. The predicted molar refractivity (Wildman–Crippen MR) is 54.1 cm³/mol. The molecule has 0 saturated heterocycles. The summed E-state index contributed by atoms with van der Waals surface area (Å²) in [5, 5.41) is 14.8. The maximum atomic E-state index is 11.1. The summed E-state index contributed by atoms with van der Waals surface area (Å²) >= 11 is 0. The number of methoxy groups -OCH3 is 1. The molecule has 0 aliphatic heterocycles. The van der Waals surface area contributed by atoms with Gasteiger partial charge in [-0.25, -0.2) is 0 Å². The van der Waals surface area contributed by atoms with Crippen LogP contribution in [0.15, 0.2) is 0 Å². The molecule has 5 nitrogen and oxygen atoms in total. The summed E-state index contributed by atoms with van der Waals surface area (Å²) in [6, 6.07) is 0. The fourth-order valence-electron chi connectivity index (χ4n) is 0.931. The van der Waals surface area contributed by atoms with Crippen LogP contribution in [-0.4, -0.2) is 50.5 Å². The zero-order chi connectivity index (χ0) is 10.8. The van der Waals surface area contributed by atoms with E-state index in [0.29, 0.717) is 13.1 Å². The first-order chi connectivity index (χ1) is 6.70. The van der Waals surface area contributed by atoms with E-state index in [1.165, 1.54) is 7.11 Å². The lowest BCUT2D eigenvalue weighted by Gasteiger charge is -2.10. The van der Waals surface area contributed by atoms with Crippen LogP contribution in [-0.2, 0) is 9.53 Å². The second-order valence-corrected chi connectivity index (χ2v) is 3.09. The highest BCUT2D eigenvalue weighted by Crippen LogP contribution is 1.80. The van der Waals surface area contributed by atoms with Gasteiger partial charge >= 0.3 is 0 Å². The summed E-state index contributed by atoms with van der Waals surface area (Å²) < 4.78 is 4.74. The van der Waals surface area contributed by atoms with E-state index in [4.69, 9.17) is 4.74 Å². The highest BCUT2D eigenvalue weighted by Gasteiger charge is 2.04. The SMILES string of the molecule is CCCNC(=O)CNCC(O)COC. The summed E-state index contributed by atoms with van der Waals surface area (Å²) in [7, 11) is 1.52. The Bertz CT molecular complexity index is 153. The molecule has 3 N–H and O–H groups in total. The van der Waals surface area contributed by atoms with Crippen molar-refractivity contribution >= 4 is 5.91 Å². The lowest BCUT2D eigenvalue weighted by molar-refractivity contribution is -0.120. The van der Waals surface area contributed by atoms with E-state index in [2.05, 4.69) is 10.6 Å². The Balaban J connectivity index is 3.30. The van der Waals surface area contributed by atoms with Crippen molar-refractivity contribution in [3.8, 4) is 0 Å². The van der Waals surface area contributed by atoms with Crippen molar-refractivity contribution in [2.24, 2.45) is 0 Å². The Morgan fingerprint density at radius 2 is 2.29 bits per heavy atom. The van der Waals surface area contributed by atoms with Crippen LogP contribution in [0.1, 0.15) is 13.3 Å². The van der Waals surface area contributed by atoms with Crippen molar-refractivity contribution in [2.75, 3.05) is 33.4 Å². The quantitative estimate of drug-likeness (QED) is 0.480. The molecule has 14 heavy (non-hydrogen) atoms. The zero-order valence-corrected chi connectivity index (χ0v) is 8.88. The molecule has 0 radical (unpaired) electrons. The summed E-state index contributed by atoms with van der Waals surface area (Å²) in [4.78, 5) is 11.1. The van der Waals surface area contributed by atoms with Gasteiger partial charge in [0, 0.05) is 20.2 Å². The van der Waals surface area contributed by atoms with Gasteiger partial charge in [-0.1, -0.05) is 6.92 Å². The van der Waals surface area contributed by atoms with Crippen LogP contribution >= 0.6 is 0 Å². The minimum absolute atomic E-state index is 0.0449. The van der Waals surface area contributed by atoms with Crippen LogP contribution in [0.5, 0.6) is 0 Å². The van der Waals surface area contributed by atoms with Gasteiger partial charge < -0.3 is 20.5 Å². The molecule has 1 amide bonds. The van der Waals surface area contributed by atoms with Crippen LogP contribution in [0.3, 0.4) is 0 Å². The molecule has 84 valence electrons. The molecule has 0 heterocycles.